The quantitative estimate of drug-likeness (QED) is 0.712. The molecule has 0 aliphatic carbocycles. The maximum absolute atomic E-state index is 3.50. The van der Waals surface area contributed by atoms with E-state index >= 15 is 0 Å². The van der Waals surface area contributed by atoms with Crippen LogP contribution >= 0.6 is 15.9 Å². The van der Waals surface area contributed by atoms with Crippen LogP contribution in [0, 0.1) is 5.92 Å². The Hall–Kier alpha value is -1.28. The highest BCUT2D eigenvalue weighted by atomic mass is 79.9. The van der Waals surface area contributed by atoms with E-state index in [1.807, 2.05) is 0 Å². The summed E-state index contributed by atoms with van der Waals surface area (Å²) in [5, 5.41) is 0.917. The average Bonchev–Trinajstić information content (AvgIpc) is 2.46. The average molecular weight is 316 g/mol. The zero-order valence-corrected chi connectivity index (χ0v) is 12.7. The normalized spacial score (nSPS) is 18.2. The summed E-state index contributed by atoms with van der Waals surface area (Å²) in [6, 6.07) is 17.6. The lowest BCUT2D eigenvalue weighted by atomic mass is 9.93. The zero-order valence-electron chi connectivity index (χ0n) is 11.1. The van der Waals surface area contributed by atoms with Crippen LogP contribution in [-0.2, 0) is 11.8 Å². The number of alkyl halides is 1. The number of benzene rings is 2. The molecule has 1 aliphatic rings. The molecule has 0 spiro atoms. The number of hydrogen-bond acceptors (Lipinski definition) is 1. The largest absolute Gasteiger partial charge is 0.341 e. The van der Waals surface area contributed by atoms with Crippen molar-refractivity contribution in [2.24, 2.45) is 5.92 Å². The lowest BCUT2D eigenvalue weighted by Gasteiger charge is -2.35. The van der Waals surface area contributed by atoms with Crippen molar-refractivity contribution in [3.05, 3.63) is 59.7 Å². The second-order valence-corrected chi connectivity index (χ2v) is 5.91. The number of rotatable bonds is 2. The van der Waals surface area contributed by atoms with Crippen molar-refractivity contribution < 1.29 is 0 Å². The number of anilines is 2. The van der Waals surface area contributed by atoms with Gasteiger partial charge < -0.3 is 4.90 Å². The van der Waals surface area contributed by atoms with Gasteiger partial charge in [0.25, 0.3) is 0 Å². The van der Waals surface area contributed by atoms with Gasteiger partial charge in [-0.15, -0.1) is 0 Å². The molecular weight excluding hydrogens is 298 g/mol. The first-order valence-electron chi connectivity index (χ1n) is 6.78. The van der Waals surface area contributed by atoms with Gasteiger partial charge in [0, 0.05) is 23.2 Å². The summed E-state index contributed by atoms with van der Waals surface area (Å²) in [7, 11) is 0. The van der Waals surface area contributed by atoms with Gasteiger partial charge >= 0.3 is 0 Å². The van der Waals surface area contributed by atoms with Crippen LogP contribution in [0.4, 0.5) is 11.4 Å². The summed E-state index contributed by atoms with van der Waals surface area (Å²) in [6.45, 7) is 3.43. The Morgan fingerprint density at radius 1 is 1.11 bits per heavy atom. The third-order valence-electron chi connectivity index (χ3n) is 3.75. The fourth-order valence-corrected chi connectivity index (χ4v) is 3.18. The third-order valence-corrected chi connectivity index (χ3v) is 4.39. The van der Waals surface area contributed by atoms with Crippen LogP contribution in [-0.4, -0.2) is 6.54 Å². The standard InChI is InChI=1S/C17H18BrN/c1-13-10-15-4-2-3-5-17(15)19(12-13)16-8-6-14(11-18)7-9-16/h2-9,13H,10-12H2,1H3. The predicted octanol–water partition coefficient (Wildman–Crippen LogP) is 4.91. The smallest absolute Gasteiger partial charge is 0.0443 e. The number of para-hydroxylation sites is 1. The molecule has 1 aliphatic heterocycles. The van der Waals surface area contributed by atoms with E-state index in [1.54, 1.807) is 0 Å². The Balaban J connectivity index is 1.99. The lowest BCUT2D eigenvalue weighted by Crippen LogP contribution is -2.30. The molecule has 0 saturated heterocycles. The SMILES string of the molecule is CC1Cc2ccccc2N(c2ccc(CBr)cc2)C1. The van der Waals surface area contributed by atoms with Crippen molar-refractivity contribution in [1.29, 1.82) is 0 Å². The van der Waals surface area contributed by atoms with Gasteiger partial charge in [0.15, 0.2) is 0 Å². The molecule has 1 heterocycles. The van der Waals surface area contributed by atoms with Crippen molar-refractivity contribution in [3.8, 4) is 0 Å². The first kappa shape index (κ1) is 12.7. The van der Waals surface area contributed by atoms with Crippen molar-refractivity contribution in [2.45, 2.75) is 18.7 Å². The summed E-state index contributed by atoms with van der Waals surface area (Å²) >= 11 is 3.50. The molecule has 0 radical (unpaired) electrons. The summed E-state index contributed by atoms with van der Waals surface area (Å²) in [4.78, 5) is 2.45. The highest BCUT2D eigenvalue weighted by Gasteiger charge is 2.22. The fraction of sp³-hybridized carbons (Fsp3) is 0.294. The van der Waals surface area contributed by atoms with Gasteiger partial charge in [-0.25, -0.2) is 0 Å². The van der Waals surface area contributed by atoms with E-state index in [4.69, 9.17) is 0 Å². The Labute approximate surface area is 123 Å². The minimum absolute atomic E-state index is 0.700. The molecule has 98 valence electrons. The predicted molar refractivity (Wildman–Crippen MR) is 85.4 cm³/mol. The minimum atomic E-state index is 0.700. The minimum Gasteiger partial charge on any atom is -0.341 e. The number of nitrogens with zero attached hydrogens (tertiary/aromatic N) is 1. The molecule has 0 N–H and O–H groups in total. The molecule has 0 bridgehead atoms. The highest BCUT2D eigenvalue weighted by molar-refractivity contribution is 9.08. The molecule has 1 nitrogen and oxygen atoms in total. The maximum Gasteiger partial charge on any atom is 0.0443 e. The Bertz CT molecular complexity index is 562. The van der Waals surface area contributed by atoms with Crippen LogP contribution in [0.3, 0.4) is 0 Å². The highest BCUT2D eigenvalue weighted by Crippen LogP contribution is 2.35. The van der Waals surface area contributed by atoms with Crippen LogP contribution < -0.4 is 4.90 Å². The second kappa shape index (κ2) is 5.38. The topological polar surface area (TPSA) is 3.24 Å². The number of halogens is 1. The Morgan fingerprint density at radius 2 is 1.84 bits per heavy atom. The molecule has 19 heavy (non-hydrogen) atoms. The third kappa shape index (κ3) is 2.55. The molecule has 2 heteroatoms. The van der Waals surface area contributed by atoms with E-state index in [9.17, 15) is 0 Å². The van der Waals surface area contributed by atoms with Crippen molar-refractivity contribution in [2.75, 3.05) is 11.4 Å². The van der Waals surface area contributed by atoms with Gasteiger partial charge in [0.05, 0.1) is 0 Å². The van der Waals surface area contributed by atoms with E-state index in [2.05, 4.69) is 76.3 Å². The summed E-state index contributed by atoms with van der Waals surface area (Å²) in [6.07, 6.45) is 1.19. The van der Waals surface area contributed by atoms with Crippen molar-refractivity contribution >= 4 is 27.3 Å². The molecule has 0 aromatic heterocycles. The van der Waals surface area contributed by atoms with E-state index in [1.165, 1.54) is 28.9 Å². The van der Waals surface area contributed by atoms with Crippen molar-refractivity contribution in [1.82, 2.24) is 0 Å². The van der Waals surface area contributed by atoms with Crippen LogP contribution in [0.25, 0.3) is 0 Å². The molecule has 0 saturated carbocycles. The van der Waals surface area contributed by atoms with Gasteiger partial charge in [-0.1, -0.05) is 53.2 Å². The van der Waals surface area contributed by atoms with Gasteiger partial charge in [-0.2, -0.15) is 0 Å². The molecule has 2 aromatic carbocycles. The van der Waals surface area contributed by atoms with Gasteiger partial charge in [0.2, 0.25) is 0 Å². The van der Waals surface area contributed by atoms with E-state index < -0.39 is 0 Å². The fourth-order valence-electron chi connectivity index (χ4n) is 2.81. The number of hydrogen-bond donors (Lipinski definition) is 0. The summed E-state index contributed by atoms with van der Waals surface area (Å²) < 4.78 is 0. The first-order valence-corrected chi connectivity index (χ1v) is 7.90. The van der Waals surface area contributed by atoms with Crippen LogP contribution in [0.5, 0.6) is 0 Å². The first-order chi connectivity index (χ1) is 9.28. The van der Waals surface area contributed by atoms with Gasteiger partial charge in [-0.3, -0.25) is 0 Å². The van der Waals surface area contributed by atoms with Gasteiger partial charge in [-0.05, 0) is 41.7 Å². The molecule has 1 unspecified atom stereocenters. The lowest BCUT2D eigenvalue weighted by molar-refractivity contribution is 0.562. The Morgan fingerprint density at radius 3 is 2.58 bits per heavy atom. The molecule has 0 amide bonds. The zero-order chi connectivity index (χ0) is 13.2. The maximum atomic E-state index is 3.50. The Kier molecular flexibility index (Phi) is 3.61. The van der Waals surface area contributed by atoms with E-state index in [-0.39, 0.29) is 0 Å². The summed E-state index contributed by atoms with van der Waals surface area (Å²) in [5.41, 5.74) is 5.45. The van der Waals surface area contributed by atoms with Crippen molar-refractivity contribution in [3.63, 3.8) is 0 Å². The van der Waals surface area contributed by atoms with Gasteiger partial charge in [0.1, 0.15) is 0 Å². The molecule has 2 aromatic rings. The van der Waals surface area contributed by atoms with Crippen LogP contribution in [0.2, 0.25) is 0 Å². The molecular formula is C17H18BrN. The van der Waals surface area contributed by atoms with E-state index in [0.717, 1.165) is 11.9 Å². The summed E-state index contributed by atoms with van der Waals surface area (Å²) in [5.74, 6) is 0.700. The monoisotopic (exact) mass is 315 g/mol. The number of fused-ring (bicyclic) bond motifs is 1. The molecule has 1 atom stereocenters. The van der Waals surface area contributed by atoms with Crippen LogP contribution in [0.15, 0.2) is 48.5 Å². The van der Waals surface area contributed by atoms with E-state index in [0.29, 0.717) is 5.92 Å². The second-order valence-electron chi connectivity index (χ2n) is 5.35. The molecule has 3 rings (SSSR count). The molecule has 0 fully saturated rings. The van der Waals surface area contributed by atoms with Crippen LogP contribution in [0.1, 0.15) is 18.1 Å².